The third-order valence-corrected chi connectivity index (χ3v) is 6.10. The van der Waals surface area contributed by atoms with Crippen LogP contribution in [0.5, 0.6) is 5.75 Å². The fourth-order valence-corrected chi connectivity index (χ4v) is 3.47. The minimum Gasteiger partial charge on any atom is -0.496 e. The van der Waals surface area contributed by atoms with E-state index in [0.29, 0.717) is 19.0 Å². The highest BCUT2D eigenvalue weighted by molar-refractivity contribution is 7.89. The number of hydrogen-bond acceptors (Lipinski definition) is 4. The summed E-state index contributed by atoms with van der Waals surface area (Å²) in [6, 6.07) is 12.9. The van der Waals surface area contributed by atoms with E-state index >= 15 is 0 Å². The normalized spacial score (nSPS) is 12.1. The zero-order chi connectivity index (χ0) is 20.7. The Hall–Kier alpha value is -2.58. The van der Waals surface area contributed by atoms with Gasteiger partial charge in [0.15, 0.2) is 5.96 Å². The van der Waals surface area contributed by atoms with E-state index in [1.807, 2.05) is 25.1 Å². The van der Waals surface area contributed by atoms with Crippen LogP contribution in [0.25, 0.3) is 0 Å². The Balaban J connectivity index is 1.96. The number of sulfonamides is 1. The number of nitrogens with one attached hydrogen (secondary N) is 2. The van der Waals surface area contributed by atoms with Gasteiger partial charge in [-0.05, 0) is 36.2 Å². The molecule has 2 N–H and O–H groups in total. The van der Waals surface area contributed by atoms with Crippen LogP contribution in [0.15, 0.2) is 52.4 Å². The van der Waals surface area contributed by atoms with Crippen molar-refractivity contribution < 1.29 is 13.2 Å². The summed E-state index contributed by atoms with van der Waals surface area (Å²) in [4.78, 5) is 4.50. The second-order valence-electron chi connectivity index (χ2n) is 6.53. The van der Waals surface area contributed by atoms with Gasteiger partial charge in [-0.1, -0.05) is 24.3 Å². The number of aliphatic imine (C=N–C) groups is 1. The predicted molar refractivity (Wildman–Crippen MR) is 112 cm³/mol. The number of nitrogens with zero attached hydrogens (tertiary/aromatic N) is 2. The highest BCUT2D eigenvalue weighted by Gasteiger charge is 2.16. The third-order valence-electron chi connectivity index (χ3n) is 4.27. The second-order valence-corrected chi connectivity index (χ2v) is 8.68. The van der Waals surface area contributed by atoms with E-state index in [4.69, 9.17) is 4.74 Å². The lowest BCUT2D eigenvalue weighted by Crippen LogP contribution is -2.36. The summed E-state index contributed by atoms with van der Waals surface area (Å²) in [7, 11) is 2.98. The van der Waals surface area contributed by atoms with Crippen molar-refractivity contribution in [3.05, 3.63) is 59.2 Å². The Kier molecular flexibility index (Phi) is 7.42. The molecule has 0 unspecified atom stereocenters. The zero-order valence-electron chi connectivity index (χ0n) is 17.0. The highest BCUT2D eigenvalue weighted by atomic mass is 32.2. The first kappa shape index (κ1) is 21.7. The summed E-state index contributed by atoms with van der Waals surface area (Å²) in [5.41, 5.74) is 3.13. The summed E-state index contributed by atoms with van der Waals surface area (Å²) >= 11 is 0. The van der Waals surface area contributed by atoms with Crippen LogP contribution in [-0.2, 0) is 23.1 Å². The Morgan fingerprint density at radius 1 is 1.07 bits per heavy atom. The average Bonchev–Trinajstić information content (AvgIpc) is 2.69. The molecule has 2 aromatic carbocycles. The summed E-state index contributed by atoms with van der Waals surface area (Å²) in [5.74, 6) is 1.48. The summed E-state index contributed by atoms with van der Waals surface area (Å²) in [6.07, 6.45) is 0. The summed E-state index contributed by atoms with van der Waals surface area (Å²) < 4.78 is 30.9. The number of benzene rings is 2. The molecule has 0 atom stereocenters. The van der Waals surface area contributed by atoms with Gasteiger partial charge in [-0.2, -0.15) is 0 Å². The molecule has 0 fully saturated rings. The number of aryl methyl sites for hydroxylation is 1. The van der Waals surface area contributed by atoms with Crippen molar-refractivity contribution in [2.45, 2.75) is 24.9 Å². The van der Waals surface area contributed by atoms with E-state index in [9.17, 15) is 8.42 Å². The molecule has 0 saturated heterocycles. The quantitative estimate of drug-likeness (QED) is 0.546. The third kappa shape index (κ3) is 5.46. The Morgan fingerprint density at radius 2 is 1.71 bits per heavy atom. The van der Waals surface area contributed by atoms with Crippen LogP contribution in [0.4, 0.5) is 0 Å². The van der Waals surface area contributed by atoms with Gasteiger partial charge in [-0.25, -0.2) is 12.7 Å². The first-order chi connectivity index (χ1) is 13.3. The van der Waals surface area contributed by atoms with Crippen molar-refractivity contribution in [2.75, 3.05) is 28.3 Å². The molecule has 0 amide bonds. The summed E-state index contributed by atoms with van der Waals surface area (Å²) in [6.45, 7) is 3.12. The molecule has 0 saturated carbocycles. The molecule has 28 heavy (non-hydrogen) atoms. The van der Waals surface area contributed by atoms with Gasteiger partial charge in [0.05, 0.1) is 12.0 Å². The lowest BCUT2D eigenvalue weighted by Gasteiger charge is -2.15. The molecule has 0 aliphatic carbocycles. The average molecular weight is 405 g/mol. The van der Waals surface area contributed by atoms with Crippen molar-refractivity contribution in [3.63, 3.8) is 0 Å². The molecule has 2 rings (SSSR count). The fourth-order valence-electron chi connectivity index (χ4n) is 2.57. The number of hydrogen-bond donors (Lipinski definition) is 2. The number of rotatable bonds is 7. The van der Waals surface area contributed by atoms with Crippen LogP contribution in [0, 0.1) is 6.92 Å². The molecule has 0 aromatic heterocycles. The standard InChI is InChI=1S/C20H28N4O3S/c1-15-6-9-17(19(12-15)27-5)14-23-20(21-2)22-13-16-7-10-18(11-8-16)28(25,26)24(3)4/h6-12H,13-14H2,1-5H3,(H2,21,22,23). The topological polar surface area (TPSA) is 83.0 Å². The van der Waals surface area contributed by atoms with Crippen LogP contribution in [0.2, 0.25) is 0 Å². The molecule has 0 heterocycles. The lowest BCUT2D eigenvalue weighted by molar-refractivity contribution is 0.408. The van der Waals surface area contributed by atoms with Gasteiger partial charge in [-0.3, -0.25) is 4.99 Å². The first-order valence-electron chi connectivity index (χ1n) is 8.87. The van der Waals surface area contributed by atoms with E-state index < -0.39 is 10.0 Å². The Morgan fingerprint density at radius 3 is 2.29 bits per heavy atom. The number of ether oxygens (including phenoxy) is 1. The molecule has 0 radical (unpaired) electrons. The van der Waals surface area contributed by atoms with Crippen LogP contribution in [-0.4, -0.2) is 46.9 Å². The van der Waals surface area contributed by atoms with E-state index in [-0.39, 0.29) is 4.90 Å². The molecule has 0 aliphatic heterocycles. The number of methoxy groups -OCH3 is 1. The molecule has 0 spiro atoms. The summed E-state index contributed by atoms with van der Waals surface area (Å²) in [5, 5.41) is 6.48. The molecular weight excluding hydrogens is 376 g/mol. The van der Waals surface area contributed by atoms with Crippen molar-refractivity contribution in [1.29, 1.82) is 0 Å². The van der Waals surface area contributed by atoms with E-state index in [0.717, 1.165) is 22.4 Å². The maximum absolute atomic E-state index is 12.1. The predicted octanol–water partition coefficient (Wildman–Crippen LogP) is 2.12. The monoisotopic (exact) mass is 404 g/mol. The molecule has 8 heteroatoms. The van der Waals surface area contributed by atoms with Crippen LogP contribution in [0.1, 0.15) is 16.7 Å². The molecule has 0 aliphatic rings. The van der Waals surface area contributed by atoms with Crippen LogP contribution >= 0.6 is 0 Å². The number of guanidine groups is 1. The molecule has 0 bridgehead atoms. The van der Waals surface area contributed by atoms with Gasteiger partial charge in [0.2, 0.25) is 10.0 Å². The zero-order valence-corrected chi connectivity index (χ0v) is 17.8. The minimum absolute atomic E-state index is 0.273. The lowest BCUT2D eigenvalue weighted by atomic mass is 10.1. The van der Waals surface area contributed by atoms with Crippen LogP contribution < -0.4 is 15.4 Å². The van der Waals surface area contributed by atoms with Gasteiger partial charge in [0, 0.05) is 39.8 Å². The van der Waals surface area contributed by atoms with Gasteiger partial charge in [0.25, 0.3) is 0 Å². The SMILES string of the molecule is CN=C(NCc1ccc(S(=O)(=O)N(C)C)cc1)NCc1ccc(C)cc1OC. The van der Waals surface area contributed by atoms with Gasteiger partial charge < -0.3 is 15.4 Å². The van der Waals surface area contributed by atoms with E-state index in [2.05, 4.69) is 15.6 Å². The van der Waals surface area contributed by atoms with Crippen molar-refractivity contribution in [1.82, 2.24) is 14.9 Å². The second kappa shape index (κ2) is 9.57. The highest BCUT2D eigenvalue weighted by Crippen LogP contribution is 2.19. The molecule has 7 nitrogen and oxygen atoms in total. The van der Waals surface area contributed by atoms with Crippen molar-refractivity contribution in [3.8, 4) is 5.75 Å². The molecule has 2 aromatic rings. The smallest absolute Gasteiger partial charge is 0.242 e. The molecular formula is C20H28N4O3S. The van der Waals surface area contributed by atoms with Gasteiger partial charge in [-0.15, -0.1) is 0 Å². The largest absolute Gasteiger partial charge is 0.496 e. The van der Waals surface area contributed by atoms with Crippen molar-refractivity contribution >= 4 is 16.0 Å². The Bertz CT molecular complexity index is 923. The van der Waals surface area contributed by atoms with Gasteiger partial charge >= 0.3 is 0 Å². The first-order valence-corrected chi connectivity index (χ1v) is 10.3. The maximum Gasteiger partial charge on any atom is 0.242 e. The van der Waals surface area contributed by atoms with Gasteiger partial charge in [0.1, 0.15) is 5.75 Å². The van der Waals surface area contributed by atoms with E-state index in [1.54, 1.807) is 38.4 Å². The van der Waals surface area contributed by atoms with E-state index in [1.165, 1.54) is 18.4 Å². The molecule has 152 valence electrons. The Labute approximate surface area is 167 Å². The van der Waals surface area contributed by atoms with Crippen molar-refractivity contribution in [2.24, 2.45) is 4.99 Å². The maximum atomic E-state index is 12.1. The minimum atomic E-state index is -3.41. The van der Waals surface area contributed by atoms with Crippen LogP contribution in [0.3, 0.4) is 0 Å². The fraction of sp³-hybridized carbons (Fsp3) is 0.350.